The van der Waals surface area contributed by atoms with E-state index in [1.54, 1.807) is 0 Å². The summed E-state index contributed by atoms with van der Waals surface area (Å²) in [6.07, 6.45) is 0. The van der Waals surface area contributed by atoms with Gasteiger partial charge in [0.15, 0.2) is 0 Å². The van der Waals surface area contributed by atoms with E-state index in [1.807, 2.05) is 0 Å². The summed E-state index contributed by atoms with van der Waals surface area (Å²) in [7, 11) is 0. The molecule has 2 aromatic heterocycles. The zero-order valence-corrected chi connectivity index (χ0v) is 62.3. The molecule has 0 atom stereocenters. The first-order valence-electron chi connectivity index (χ1n) is 37.4. The molecule has 0 saturated carbocycles. The summed E-state index contributed by atoms with van der Waals surface area (Å²) in [5.74, 6) is 0. The molecule has 0 amide bonds. The number of hydrogen-bond acceptors (Lipinski definition) is 2. The number of benzene rings is 14. The molecule has 0 N–H and O–H groups in total. The van der Waals surface area contributed by atoms with Crippen LogP contribution in [0.3, 0.4) is 0 Å². The SMILES string of the molecule is CC(C)(C)c1cc(-c2ccc3c(c2)B2c4ccc5c(c4N(c4c(-c6ccccc6)cccc4-c4ccccc4)c4cc(-n6c7ccccc7c7ccccc76)cc(c42)N3c2c(-c3ccccc3)cccc2-c2ccccc2)c2ccccc2n5-c2cc(C(C)(C)C)cc(C(C)(C)C)c2)cc(C(C)(C)C)c1. The van der Waals surface area contributed by atoms with E-state index in [4.69, 9.17) is 0 Å². The van der Waals surface area contributed by atoms with E-state index in [1.165, 1.54) is 71.3 Å². The third kappa shape index (κ3) is 10.9. The molecule has 510 valence electrons. The minimum absolute atomic E-state index is 0.106. The van der Waals surface area contributed by atoms with Crippen molar-refractivity contribution in [1.82, 2.24) is 9.13 Å². The largest absolute Gasteiger partial charge is 0.310 e. The quantitative estimate of drug-likeness (QED) is 0.134. The van der Waals surface area contributed by atoms with Crippen LogP contribution in [-0.2, 0) is 21.7 Å². The van der Waals surface area contributed by atoms with E-state index in [0.29, 0.717) is 0 Å². The van der Waals surface area contributed by atoms with Crippen LogP contribution in [-0.4, -0.2) is 15.8 Å². The number of para-hydroxylation sites is 5. The maximum absolute atomic E-state index is 2.77. The Labute approximate surface area is 619 Å². The van der Waals surface area contributed by atoms with Gasteiger partial charge in [0, 0.05) is 66.5 Å². The van der Waals surface area contributed by atoms with E-state index >= 15 is 0 Å². The lowest BCUT2D eigenvalue weighted by molar-refractivity contribution is 0.567. The molecule has 2 aliphatic heterocycles. The first-order valence-corrected chi connectivity index (χ1v) is 37.4. The molecule has 2 aliphatic rings. The van der Waals surface area contributed by atoms with Crippen LogP contribution in [0.15, 0.2) is 309 Å². The third-order valence-corrected chi connectivity index (χ3v) is 22.5. The first kappa shape index (κ1) is 65.4. The Hall–Kier alpha value is -11.7. The van der Waals surface area contributed by atoms with Crippen LogP contribution >= 0.6 is 0 Å². The number of anilines is 6. The van der Waals surface area contributed by atoms with Gasteiger partial charge in [-0.15, -0.1) is 0 Å². The first-order chi connectivity index (χ1) is 50.7. The summed E-state index contributed by atoms with van der Waals surface area (Å²) >= 11 is 0. The molecule has 0 bridgehead atoms. The molecule has 0 spiro atoms. The fraction of sp³-hybridized carbons (Fsp3) is 0.160. The Morgan fingerprint density at radius 3 is 1.06 bits per heavy atom. The topological polar surface area (TPSA) is 16.3 Å². The fourth-order valence-electron chi connectivity index (χ4n) is 17.0. The van der Waals surface area contributed by atoms with Crippen molar-refractivity contribution in [3.8, 4) is 67.0 Å². The maximum atomic E-state index is 2.77. The summed E-state index contributed by atoms with van der Waals surface area (Å²) in [6.45, 7) is 28.0. The predicted octanol–water partition coefficient (Wildman–Crippen LogP) is 25.5. The van der Waals surface area contributed by atoms with Gasteiger partial charge in [-0.05, 0) is 148 Å². The number of fused-ring (bicyclic) bond motifs is 11. The molecule has 0 unspecified atom stereocenters. The second kappa shape index (κ2) is 24.5. The zero-order valence-electron chi connectivity index (χ0n) is 62.3. The second-order valence-corrected chi connectivity index (χ2v) is 33.3. The normalized spacial score (nSPS) is 13.1. The predicted molar refractivity (Wildman–Crippen MR) is 451 cm³/mol. The molecular weight excluding hydrogens is 1270 g/mol. The Balaban J connectivity index is 1.08. The van der Waals surface area contributed by atoms with E-state index < -0.39 is 0 Å². The van der Waals surface area contributed by atoms with Crippen molar-refractivity contribution >= 4 is 101 Å². The summed E-state index contributed by atoms with van der Waals surface area (Å²) in [6, 6.07) is 118. The molecule has 105 heavy (non-hydrogen) atoms. The van der Waals surface area contributed by atoms with Crippen LogP contribution in [0.2, 0.25) is 0 Å². The Morgan fingerprint density at radius 2 is 0.610 bits per heavy atom. The number of rotatable bonds is 9. The third-order valence-electron chi connectivity index (χ3n) is 22.5. The molecule has 0 fully saturated rings. The molecule has 4 heterocycles. The van der Waals surface area contributed by atoms with Crippen LogP contribution in [0, 0.1) is 0 Å². The van der Waals surface area contributed by atoms with Crippen molar-refractivity contribution < 1.29 is 0 Å². The lowest BCUT2D eigenvalue weighted by Gasteiger charge is -2.46. The van der Waals surface area contributed by atoms with Gasteiger partial charge in [0.2, 0.25) is 0 Å². The molecule has 14 aromatic carbocycles. The number of aromatic nitrogens is 2. The summed E-state index contributed by atoms with van der Waals surface area (Å²) in [5.41, 5.74) is 33.6. The lowest BCUT2D eigenvalue weighted by atomic mass is 9.33. The highest BCUT2D eigenvalue weighted by Crippen LogP contribution is 2.56. The number of nitrogens with zero attached hydrogens (tertiary/aromatic N) is 4. The van der Waals surface area contributed by atoms with Gasteiger partial charge in [0.05, 0.1) is 44.8 Å². The Bertz CT molecular complexity index is 5890. The minimum atomic E-state index is -0.302. The van der Waals surface area contributed by atoms with Gasteiger partial charge in [-0.2, -0.15) is 0 Å². The number of hydrogen-bond donors (Lipinski definition) is 0. The highest BCUT2D eigenvalue weighted by Gasteiger charge is 2.47. The summed E-state index contributed by atoms with van der Waals surface area (Å²) in [4.78, 5) is 5.47. The van der Waals surface area contributed by atoms with Gasteiger partial charge in [-0.3, -0.25) is 0 Å². The van der Waals surface area contributed by atoms with Crippen molar-refractivity contribution in [2.45, 2.75) is 105 Å². The second-order valence-electron chi connectivity index (χ2n) is 33.3. The smallest absolute Gasteiger partial charge is 0.252 e. The van der Waals surface area contributed by atoms with Crippen LogP contribution in [0.25, 0.3) is 111 Å². The molecule has 0 saturated heterocycles. The van der Waals surface area contributed by atoms with Crippen molar-refractivity contribution in [3.05, 3.63) is 332 Å². The van der Waals surface area contributed by atoms with Crippen molar-refractivity contribution in [2.75, 3.05) is 9.80 Å². The summed E-state index contributed by atoms with van der Waals surface area (Å²) < 4.78 is 5.15. The minimum Gasteiger partial charge on any atom is -0.310 e. The average Bonchev–Trinajstić information content (AvgIpc) is 1.67. The molecule has 4 nitrogen and oxygen atoms in total. The van der Waals surface area contributed by atoms with Gasteiger partial charge in [0.1, 0.15) is 0 Å². The van der Waals surface area contributed by atoms with Crippen LogP contribution in [0.1, 0.15) is 105 Å². The van der Waals surface area contributed by atoms with Gasteiger partial charge in [-0.1, -0.05) is 338 Å². The molecular formula is C100H87BN4. The highest BCUT2D eigenvalue weighted by molar-refractivity contribution is 7.00. The lowest BCUT2D eigenvalue weighted by Crippen LogP contribution is -2.61. The van der Waals surface area contributed by atoms with E-state index in [9.17, 15) is 0 Å². The Morgan fingerprint density at radius 1 is 0.238 bits per heavy atom. The van der Waals surface area contributed by atoms with Crippen molar-refractivity contribution in [2.24, 2.45) is 0 Å². The van der Waals surface area contributed by atoms with Crippen LogP contribution < -0.4 is 26.2 Å². The monoisotopic (exact) mass is 1350 g/mol. The highest BCUT2D eigenvalue weighted by atomic mass is 15.2. The Kier molecular flexibility index (Phi) is 15.3. The van der Waals surface area contributed by atoms with Gasteiger partial charge < -0.3 is 18.9 Å². The van der Waals surface area contributed by atoms with Crippen molar-refractivity contribution in [1.29, 1.82) is 0 Å². The van der Waals surface area contributed by atoms with E-state index in [-0.39, 0.29) is 28.4 Å². The zero-order chi connectivity index (χ0) is 72.0. The standard InChI is InChI=1S/C100H87BN4/c1-97(2,3)70-55-69(56-71(58-70)98(4,5)6)68-51-53-88-84(57-68)101-83-52-54-89-92(82-43-27-30-50-87(82)103(89)74-60-72(99(7,8)9)59-73(61-74)100(10,11)12)96(83)105(95-78(66-37-21-15-22-38-66)46-32-47-79(95)67-39-23-16-24-40-67)91-63-75(102-85-48-28-25-41-80(85)81-42-26-29-49-86(81)102)62-90(93(91)101)104(88)94-76(64-33-17-13-18-34-64)44-31-45-77(94)65-35-19-14-20-36-65/h13-63H,1-12H3. The molecule has 5 heteroatoms. The molecule has 18 rings (SSSR count). The summed E-state index contributed by atoms with van der Waals surface area (Å²) in [5, 5.41) is 4.81. The van der Waals surface area contributed by atoms with E-state index in [0.717, 1.165) is 112 Å². The average molecular weight is 1360 g/mol. The molecule has 0 aliphatic carbocycles. The van der Waals surface area contributed by atoms with Gasteiger partial charge in [0.25, 0.3) is 6.71 Å². The van der Waals surface area contributed by atoms with Crippen LogP contribution in [0.4, 0.5) is 34.1 Å². The van der Waals surface area contributed by atoms with Crippen LogP contribution in [0.5, 0.6) is 0 Å². The van der Waals surface area contributed by atoms with E-state index in [2.05, 4.69) is 411 Å². The maximum Gasteiger partial charge on any atom is 0.252 e. The molecule has 0 radical (unpaired) electrons. The van der Waals surface area contributed by atoms with Crippen molar-refractivity contribution in [3.63, 3.8) is 0 Å². The fourth-order valence-corrected chi connectivity index (χ4v) is 17.0. The molecule has 16 aromatic rings. The van der Waals surface area contributed by atoms with Gasteiger partial charge >= 0.3 is 0 Å². The van der Waals surface area contributed by atoms with Gasteiger partial charge in [-0.25, -0.2) is 0 Å².